The van der Waals surface area contributed by atoms with Gasteiger partial charge in [-0.15, -0.1) is 0 Å². The van der Waals surface area contributed by atoms with E-state index in [9.17, 15) is 4.79 Å². The van der Waals surface area contributed by atoms with Gasteiger partial charge in [0.1, 0.15) is 5.82 Å². The number of fused-ring (bicyclic) bond motifs is 1. The van der Waals surface area contributed by atoms with Crippen molar-refractivity contribution in [3.63, 3.8) is 0 Å². The van der Waals surface area contributed by atoms with Crippen LogP contribution in [0.5, 0.6) is 0 Å². The fourth-order valence-electron chi connectivity index (χ4n) is 3.46. The smallest absolute Gasteiger partial charge is 0.255 e. The Hall–Kier alpha value is -2.60. The molecule has 26 heavy (non-hydrogen) atoms. The second-order valence-corrected chi connectivity index (χ2v) is 7.43. The minimum Gasteiger partial charge on any atom is -0.370 e. The standard InChI is InChI=1S/C20H22N4OS/c25-20(17-7-11-26-15-17)24-13-16(12-23-10-3-4-18(23)14-24)6-9-22-19-5-1-2-8-21-19/h1-5,7-8,10-11,15-16H,6,9,12-14H2,(H,21,22). The molecule has 1 N–H and O–H groups in total. The van der Waals surface area contributed by atoms with Crippen molar-refractivity contribution in [1.82, 2.24) is 14.5 Å². The molecule has 1 atom stereocenters. The summed E-state index contributed by atoms with van der Waals surface area (Å²) in [5.41, 5.74) is 1.99. The van der Waals surface area contributed by atoms with Gasteiger partial charge >= 0.3 is 0 Å². The highest BCUT2D eigenvalue weighted by Gasteiger charge is 2.25. The molecule has 0 bridgehead atoms. The molecule has 0 saturated carbocycles. The molecule has 0 aromatic carbocycles. The first-order chi connectivity index (χ1) is 12.8. The van der Waals surface area contributed by atoms with E-state index in [1.54, 1.807) is 17.5 Å². The summed E-state index contributed by atoms with van der Waals surface area (Å²) in [5.74, 6) is 1.43. The number of hydrogen-bond donors (Lipinski definition) is 1. The Labute approximate surface area is 157 Å². The predicted octanol–water partition coefficient (Wildman–Crippen LogP) is 3.72. The molecule has 0 saturated heterocycles. The van der Waals surface area contributed by atoms with Gasteiger partial charge in [0.15, 0.2) is 0 Å². The Morgan fingerprint density at radius 3 is 3.00 bits per heavy atom. The molecular formula is C20H22N4OS. The van der Waals surface area contributed by atoms with Crippen molar-refractivity contribution in [2.75, 3.05) is 18.4 Å². The molecule has 3 aromatic rings. The van der Waals surface area contributed by atoms with Crippen molar-refractivity contribution in [1.29, 1.82) is 0 Å². The Morgan fingerprint density at radius 1 is 1.23 bits per heavy atom. The number of thiophene rings is 1. The topological polar surface area (TPSA) is 50.2 Å². The van der Waals surface area contributed by atoms with Crippen LogP contribution in [0, 0.1) is 5.92 Å². The SMILES string of the molecule is O=C(c1ccsc1)N1Cc2cccn2CC(CCNc2ccccn2)C1. The summed E-state index contributed by atoms with van der Waals surface area (Å²) in [6, 6.07) is 12.0. The van der Waals surface area contributed by atoms with Crippen LogP contribution in [0.25, 0.3) is 0 Å². The Balaban J connectivity index is 1.45. The summed E-state index contributed by atoms with van der Waals surface area (Å²) >= 11 is 1.57. The van der Waals surface area contributed by atoms with Crippen LogP contribution in [0.4, 0.5) is 5.82 Å². The number of aromatic nitrogens is 2. The van der Waals surface area contributed by atoms with Gasteiger partial charge in [0, 0.05) is 43.1 Å². The van der Waals surface area contributed by atoms with Crippen molar-refractivity contribution in [2.45, 2.75) is 19.5 Å². The van der Waals surface area contributed by atoms with E-state index < -0.39 is 0 Å². The number of pyridine rings is 1. The summed E-state index contributed by atoms with van der Waals surface area (Å²) in [5, 5.41) is 7.27. The molecular weight excluding hydrogens is 344 g/mol. The van der Waals surface area contributed by atoms with Crippen LogP contribution in [0.3, 0.4) is 0 Å². The van der Waals surface area contributed by atoms with Crippen molar-refractivity contribution >= 4 is 23.1 Å². The number of nitrogens with zero attached hydrogens (tertiary/aromatic N) is 3. The minimum atomic E-state index is 0.128. The largest absolute Gasteiger partial charge is 0.370 e. The van der Waals surface area contributed by atoms with Gasteiger partial charge < -0.3 is 14.8 Å². The number of carbonyl (C=O) groups excluding carboxylic acids is 1. The first-order valence-corrected chi connectivity index (χ1v) is 9.84. The van der Waals surface area contributed by atoms with Gasteiger partial charge in [-0.3, -0.25) is 4.79 Å². The van der Waals surface area contributed by atoms with Gasteiger partial charge in [-0.05, 0) is 48.1 Å². The van der Waals surface area contributed by atoms with Crippen LogP contribution in [-0.4, -0.2) is 33.4 Å². The van der Waals surface area contributed by atoms with E-state index in [0.717, 1.165) is 37.4 Å². The van der Waals surface area contributed by atoms with Gasteiger partial charge in [-0.25, -0.2) is 4.98 Å². The summed E-state index contributed by atoms with van der Waals surface area (Å²) in [7, 11) is 0. The number of amides is 1. The zero-order valence-electron chi connectivity index (χ0n) is 14.5. The van der Waals surface area contributed by atoms with Gasteiger partial charge in [0.2, 0.25) is 0 Å². The van der Waals surface area contributed by atoms with Crippen molar-refractivity contribution in [2.24, 2.45) is 5.92 Å². The molecule has 4 heterocycles. The molecule has 1 unspecified atom stereocenters. The Kier molecular flexibility index (Phi) is 5.02. The molecule has 4 rings (SSSR count). The molecule has 1 aliphatic heterocycles. The fraction of sp³-hybridized carbons (Fsp3) is 0.300. The van der Waals surface area contributed by atoms with Crippen LogP contribution < -0.4 is 5.32 Å². The maximum atomic E-state index is 12.9. The predicted molar refractivity (Wildman–Crippen MR) is 104 cm³/mol. The lowest BCUT2D eigenvalue weighted by atomic mass is 10.0. The normalized spacial score (nSPS) is 16.8. The van der Waals surface area contributed by atoms with Gasteiger partial charge in [0.05, 0.1) is 12.1 Å². The summed E-state index contributed by atoms with van der Waals surface area (Å²) in [6.07, 6.45) is 4.90. The van der Waals surface area contributed by atoms with E-state index in [1.165, 1.54) is 5.69 Å². The zero-order chi connectivity index (χ0) is 17.8. The Morgan fingerprint density at radius 2 is 2.19 bits per heavy atom. The fourth-order valence-corrected chi connectivity index (χ4v) is 4.09. The highest BCUT2D eigenvalue weighted by Crippen LogP contribution is 2.22. The Bertz CT molecular complexity index is 844. The number of hydrogen-bond acceptors (Lipinski definition) is 4. The van der Waals surface area contributed by atoms with E-state index in [4.69, 9.17) is 0 Å². The number of carbonyl (C=O) groups is 1. The maximum absolute atomic E-state index is 12.9. The lowest BCUT2D eigenvalue weighted by Crippen LogP contribution is -2.34. The molecule has 0 spiro atoms. The zero-order valence-corrected chi connectivity index (χ0v) is 15.4. The number of anilines is 1. The average Bonchev–Trinajstić information content (AvgIpc) is 3.31. The molecule has 3 aromatic heterocycles. The lowest BCUT2D eigenvalue weighted by molar-refractivity contribution is 0.0720. The first-order valence-electron chi connectivity index (χ1n) is 8.90. The monoisotopic (exact) mass is 366 g/mol. The van der Waals surface area contributed by atoms with Crippen molar-refractivity contribution < 1.29 is 4.79 Å². The van der Waals surface area contributed by atoms with E-state index in [-0.39, 0.29) is 5.91 Å². The quantitative estimate of drug-likeness (QED) is 0.749. The van der Waals surface area contributed by atoms with E-state index >= 15 is 0 Å². The van der Waals surface area contributed by atoms with Crippen LogP contribution >= 0.6 is 11.3 Å². The summed E-state index contributed by atoms with van der Waals surface area (Å²) in [4.78, 5) is 19.2. The first kappa shape index (κ1) is 16.8. The molecule has 6 heteroatoms. The molecule has 0 aliphatic carbocycles. The van der Waals surface area contributed by atoms with E-state index in [0.29, 0.717) is 12.5 Å². The molecule has 0 radical (unpaired) electrons. The molecule has 1 aliphatic rings. The second-order valence-electron chi connectivity index (χ2n) is 6.65. The summed E-state index contributed by atoms with van der Waals surface area (Å²) < 4.78 is 2.28. The maximum Gasteiger partial charge on any atom is 0.255 e. The molecule has 5 nitrogen and oxygen atoms in total. The van der Waals surface area contributed by atoms with Crippen LogP contribution in [0.1, 0.15) is 22.5 Å². The van der Waals surface area contributed by atoms with Gasteiger partial charge in [-0.2, -0.15) is 11.3 Å². The highest BCUT2D eigenvalue weighted by molar-refractivity contribution is 7.08. The van der Waals surface area contributed by atoms with Crippen LogP contribution in [0.2, 0.25) is 0 Å². The summed E-state index contributed by atoms with van der Waals surface area (Å²) in [6.45, 7) is 3.24. The highest BCUT2D eigenvalue weighted by atomic mass is 32.1. The number of nitrogens with one attached hydrogen (secondary N) is 1. The second kappa shape index (κ2) is 7.74. The third-order valence-electron chi connectivity index (χ3n) is 4.79. The molecule has 0 fully saturated rings. The van der Waals surface area contributed by atoms with Gasteiger partial charge in [-0.1, -0.05) is 6.07 Å². The van der Waals surface area contributed by atoms with E-state index in [1.807, 2.05) is 39.9 Å². The minimum absolute atomic E-state index is 0.128. The van der Waals surface area contributed by atoms with Gasteiger partial charge in [0.25, 0.3) is 5.91 Å². The number of rotatable bonds is 5. The third kappa shape index (κ3) is 3.80. The lowest BCUT2D eigenvalue weighted by Gasteiger charge is -2.24. The van der Waals surface area contributed by atoms with Crippen LogP contribution in [-0.2, 0) is 13.1 Å². The third-order valence-corrected chi connectivity index (χ3v) is 5.47. The van der Waals surface area contributed by atoms with Crippen molar-refractivity contribution in [3.8, 4) is 0 Å². The van der Waals surface area contributed by atoms with Crippen LogP contribution in [0.15, 0.2) is 59.6 Å². The molecule has 1 amide bonds. The van der Waals surface area contributed by atoms with Crippen molar-refractivity contribution in [3.05, 3.63) is 70.8 Å². The van der Waals surface area contributed by atoms with E-state index in [2.05, 4.69) is 33.2 Å². The average molecular weight is 366 g/mol. The molecule has 134 valence electrons.